The molecule has 1 atom stereocenters. The number of aromatic nitrogens is 1. The average Bonchev–Trinajstić information content (AvgIpc) is 3.13. The van der Waals surface area contributed by atoms with Crippen LogP contribution in [0.4, 0.5) is 0 Å². The van der Waals surface area contributed by atoms with Gasteiger partial charge in [-0.2, -0.15) is 0 Å². The SMILES string of the molecule is COc1cc(C2/C(=C(\O)c3ccccc3)C(=O)C(=O)N2Cc2ccccn2)cc(OC)c1OC. The number of methoxy groups -OCH3 is 3. The number of likely N-dealkylation sites (tertiary alicyclic amines) is 1. The topological polar surface area (TPSA) is 98.2 Å². The lowest BCUT2D eigenvalue weighted by Crippen LogP contribution is -2.29. The van der Waals surface area contributed by atoms with E-state index in [0.29, 0.717) is 34.1 Å². The van der Waals surface area contributed by atoms with Gasteiger partial charge in [0.15, 0.2) is 11.5 Å². The number of hydrogen-bond acceptors (Lipinski definition) is 7. The number of hydrogen-bond donors (Lipinski definition) is 1. The second kappa shape index (κ2) is 9.66. The fourth-order valence-electron chi connectivity index (χ4n) is 4.07. The van der Waals surface area contributed by atoms with Crippen LogP contribution in [0.3, 0.4) is 0 Å². The summed E-state index contributed by atoms with van der Waals surface area (Å²) < 4.78 is 16.4. The Morgan fingerprint density at radius 2 is 1.59 bits per heavy atom. The molecule has 0 saturated carbocycles. The van der Waals surface area contributed by atoms with Crippen molar-refractivity contribution in [2.24, 2.45) is 0 Å². The maximum absolute atomic E-state index is 13.2. The lowest BCUT2D eigenvalue weighted by molar-refractivity contribution is -0.140. The highest BCUT2D eigenvalue weighted by molar-refractivity contribution is 6.46. The molecule has 0 radical (unpaired) electrons. The van der Waals surface area contributed by atoms with Gasteiger partial charge in [0.1, 0.15) is 5.76 Å². The predicted octanol–water partition coefficient (Wildman–Crippen LogP) is 3.73. The predicted molar refractivity (Wildman–Crippen MR) is 125 cm³/mol. The van der Waals surface area contributed by atoms with Crippen molar-refractivity contribution in [1.29, 1.82) is 0 Å². The number of pyridine rings is 1. The summed E-state index contributed by atoms with van der Waals surface area (Å²) in [6.07, 6.45) is 1.62. The first-order valence-corrected chi connectivity index (χ1v) is 10.5. The maximum Gasteiger partial charge on any atom is 0.296 e. The van der Waals surface area contributed by atoms with E-state index in [1.807, 2.05) is 0 Å². The monoisotopic (exact) mass is 460 g/mol. The molecule has 4 rings (SSSR count). The molecule has 1 amide bonds. The van der Waals surface area contributed by atoms with E-state index in [1.54, 1.807) is 66.9 Å². The summed E-state index contributed by atoms with van der Waals surface area (Å²) in [6, 6.07) is 16.4. The highest BCUT2D eigenvalue weighted by atomic mass is 16.5. The van der Waals surface area contributed by atoms with Crippen molar-refractivity contribution in [3.63, 3.8) is 0 Å². The zero-order valence-corrected chi connectivity index (χ0v) is 19.0. The van der Waals surface area contributed by atoms with Gasteiger partial charge in [-0.1, -0.05) is 36.4 Å². The number of amides is 1. The van der Waals surface area contributed by atoms with E-state index in [-0.39, 0.29) is 17.9 Å². The smallest absolute Gasteiger partial charge is 0.296 e. The van der Waals surface area contributed by atoms with Crippen molar-refractivity contribution in [2.75, 3.05) is 21.3 Å². The number of Topliss-reactive ketones (excluding diaryl/α,β-unsaturated/α-hetero) is 1. The van der Waals surface area contributed by atoms with Gasteiger partial charge < -0.3 is 24.2 Å². The van der Waals surface area contributed by atoms with Crippen molar-refractivity contribution in [2.45, 2.75) is 12.6 Å². The van der Waals surface area contributed by atoms with Gasteiger partial charge in [0, 0.05) is 11.8 Å². The van der Waals surface area contributed by atoms with Crippen LogP contribution in [-0.4, -0.2) is 48.0 Å². The Labute approximate surface area is 197 Å². The van der Waals surface area contributed by atoms with E-state index in [9.17, 15) is 14.7 Å². The molecule has 1 unspecified atom stereocenters. The molecule has 2 heterocycles. The Bertz CT molecular complexity index is 1220. The molecule has 0 spiro atoms. The number of aliphatic hydroxyl groups is 1. The first kappa shape index (κ1) is 22.8. The van der Waals surface area contributed by atoms with Crippen molar-refractivity contribution < 1.29 is 28.9 Å². The minimum absolute atomic E-state index is 0.0265. The Morgan fingerprint density at radius 1 is 0.941 bits per heavy atom. The van der Waals surface area contributed by atoms with Crippen LogP contribution in [0.1, 0.15) is 22.9 Å². The van der Waals surface area contributed by atoms with Crippen LogP contribution in [-0.2, 0) is 16.1 Å². The molecule has 8 nitrogen and oxygen atoms in total. The molecule has 2 aromatic carbocycles. The summed E-state index contributed by atoms with van der Waals surface area (Å²) in [7, 11) is 4.45. The molecule has 1 saturated heterocycles. The summed E-state index contributed by atoms with van der Waals surface area (Å²) in [4.78, 5) is 32.1. The standard InChI is InChI=1S/C26H24N2O6/c1-32-19-13-17(14-20(33-2)25(19)34-3)22-21(23(29)16-9-5-4-6-10-16)24(30)26(31)28(22)15-18-11-7-8-12-27-18/h4-14,22,29H,15H2,1-3H3/b23-21+. The van der Waals surface area contributed by atoms with Gasteiger partial charge in [-0.05, 0) is 29.8 Å². The molecule has 34 heavy (non-hydrogen) atoms. The zero-order valence-electron chi connectivity index (χ0n) is 19.0. The number of aliphatic hydroxyl groups excluding tert-OH is 1. The van der Waals surface area contributed by atoms with Crippen LogP contribution in [0, 0.1) is 0 Å². The van der Waals surface area contributed by atoms with Gasteiger partial charge in [0.25, 0.3) is 11.7 Å². The molecule has 1 N–H and O–H groups in total. The molecule has 0 bridgehead atoms. The number of carbonyl (C=O) groups is 2. The summed E-state index contributed by atoms with van der Waals surface area (Å²) >= 11 is 0. The van der Waals surface area contributed by atoms with E-state index < -0.39 is 17.7 Å². The summed E-state index contributed by atoms with van der Waals surface area (Å²) in [6.45, 7) is 0.0678. The molecule has 8 heteroatoms. The van der Waals surface area contributed by atoms with Crippen LogP contribution < -0.4 is 14.2 Å². The summed E-state index contributed by atoms with van der Waals surface area (Å²) in [5.41, 5.74) is 1.51. The first-order chi connectivity index (χ1) is 16.5. The fourth-order valence-corrected chi connectivity index (χ4v) is 4.07. The van der Waals surface area contributed by atoms with E-state index in [4.69, 9.17) is 14.2 Å². The Hall–Kier alpha value is -4.33. The normalized spacial score (nSPS) is 17.0. The van der Waals surface area contributed by atoms with Gasteiger partial charge in [0.2, 0.25) is 5.75 Å². The van der Waals surface area contributed by atoms with Crippen molar-refractivity contribution in [3.05, 3.63) is 89.3 Å². The third-order valence-electron chi connectivity index (χ3n) is 5.65. The van der Waals surface area contributed by atoms with Crippen molar-refractivity contribution >= 4 is 17.4 Å². The number of carbonyl (C=O) groups excluding carboxylic acids is 2. The third-order valence-corrected chi connectivity index (χ3v) is 5.65. The summed E-state index contributed by atoms with van der Waals surface area (Å²) in [5, 5.41) is 11.2. The molecule has 1 aliphatic heterocycles. The quantitative estimate of drug-likeness (QED) is 0.326. The molecule has 1 aromatic heterocycles. The van der Waals surface area contributed by atoms with Crippen molar-refractivity contribution in [1.82, 2.24) is 9.88 Å². The van der Waals surface area contributed by atoms with Gasteiger partial charge in [0.05, 0.1) is 45.2 Å². The minimum atomic E-state index is -0.907. The highest BCUT2D eigenvalue weighted by Crippen LogP contribution is 2.46. The Morgan fingerprint density at radius 3 is 2.15 bits per heavy atom. The number of rotatable bonds is 7. The van der Waals surface area contributed by atoms with E-state index in [1.165, 1.54) is 26.2 Å². The van der Waals surface area contributed by atoms with Gasteiger partial charge in [-0.15, -0.1) is 0 Å². The second-order valence-electron chi connectivity index (χ2n) is 7.57. The largest absolute Gasteiger partial charge is 0.507 e. The lowest BCUT2D eigenvalue weighted by Gasteiger charge is -2.26. The molecular weight excluding hydrogens is 436 g/mol. The second-order valence-corrected chi connectivity index (χ2v) is 7.57. The number of nitrogens with zero attached hydrogens (tertiary/aromatic N) is 2. The molecule has 1 fully saturated rings. The summed E-state index contributed by atoms with van der Waals surface area (Å²) in [5.74, 6) is -0.683. The van der Waals surface area contributed by atoms with Gasteiger partial charge in [-0.25, -0.2) is 0 Å². The third kappa shape index (κ3) is 4.05. The Balaban J connectivity index is 1.94. The van der Waals surface area contributed by atoms with Crippen LogP contribution in [0.2, 0.25) is 0 Å². The lowest BCUT2D eigenvalue weighted by atomic mass is 9.94. The van der Waals surface area contributed by atoms with Gasteiger partial charge in [-0.3, -0.25) is 14.6 Å². The first-order valence-electron chi connectivity index (χ1n) is 10.5. The number of ketones is 1. The van der Waals surface area contributed by atoms with E-state index in [0.717, 1.165) is 0 Å². The minimum Gasteiger partial charge on any atom is -0.507 e. The van der Waals surface area contributed by atoms with Crippen LogP contribution in [0.25, 0.3) is 5.76 Å². The van der Waals surface area contributed by atoms with Crippen LogP contribution in [0.15, 0.2) is 72.4 Å². The zero-order chi connectivity index (χ0) is 24.2. The van der Waals surface area contributed by atoms with Crippen molar-refractivity contribution in [3.8, 4) is 17.2 Å². The van der Waals surface area contributed by atoms with Crippen LogP contribution >= 0.6 is 0 Å². The molecule has 3 aromatic rings. The fraction of sp³-hybridized carbons (Fsp3) is 0.192. The molecule has 174 valence electrons. The molecular formula is C26H24N2O6. The average molecular weight is 460 g/mol. The number of benzene rings is 2. The maximum atomic E-state index is 13.2. The highest BCUT2D eigenvalue weighted by Gasteiger charge is 2.46. The van der Waals surface area contributed by atoms with E-state index >= 15 is 0 Å². The number of ether oxygens (including phenoxy) is 3. The molecule has 1 aliphatic rings. The Kier molecular flexibility index (Phi) is 6.49. The van der Waals surface area contributed by atoms with Crippen LogP contribution in [0.5, 0.6) is 17.2 Å². The van der Waals surface area contributed by atoms with E-state index in [2.05, 4.69) is 4.98 Å². The molecule has 0 aliphatic carbocycles. The van der Waals surface area contributed by atoms with Gasteiger partial charge >= 0.3 is 0 Å².